The van der Waals surface area contributed by atoms with Gasteiger partial charge >= 0.3 is 0 Å². The second-order valence-electron chi connectivity index (χ2n) is 8.54. The lowest BCUT2D eigenvalue weighted by Gasteiger charge is -2.04. The van der Waals surface area contributed by atoms with Gasteiger partial charge in [0.05, 0.1) is 6.61 Å². The van der Waals surface area contributed by atoms with E-state index in [0.717, 1.165) is 19.4 Å². The number of unbranched alkanes of at least 4 members (excludes halogenated alkanes) is 20. The predicted molar refractivity (Wildman–Crippen MR) is 123 cm³/mol. The summed E-state index contributed by atoms with van der Waals surface area (Å²) >= 11 is 0. The summed E-state index contributed by atoms with van der Waals surface area (Å²) in [4.78, 5) is 0. The maximum absolute atomic E-state index is 5.40. The normalized spacial score (nSPS) is 11.3. The van der Waals surface area contributed by atoms with E-state index in [9.17, 15) is 0 Å². The standard InChI is InChI=1S/C26H53O/c1-3-5-6-7-8-9-10-11-12-13-14-15-16-17-18-19-20-21-22-23-24-26-27-25-4-2/h26H,3-25H2,1-2H3. The zero-order valence-corrected chi connectivity index (χ0v) is 19.2. The average Bonchev–Trinajstić information content (AvgIpc) is 2.68. The highest BCUT2D eigenvalue weighted by molar-refractivity contribution is 4.53. The average molecular weight is 382 g/mol. The monoisotopic (exact) mass is 381 g/mol. The molecule has 0 saturated carbocycles. The summed E-state index contributed by atoms with van der Waals surface area (Å²) in [5, 5.41) is 0. The van der Waals surface area contributed by atoms with E-state index < -0.39 is 0 Å². The molecule has 0 saturated heterocycles. The molecular formula is C26H53O. The first-order chi connectivity index (χ1) is 13.4. The van der Waals surface area contributed by atoms with Crippen LogP contribution in [0.15, 0.2) is 0 Å². The summed E-state index contributed by atoms with van der Waals surface area (Å²) in [7, 11) is 0. The van der Waals surface area contributed by atoms with Crippen LogP contribution in [0.5, 0.6) is 0 Å². The van der Waals surface area contributed by atoms with E-state index in [4.69, 9.17) is 4.74 Å². The first-order valence-electron chi connectivity index (χ1n) is 12.8. The van der Waals surface area contributed by atoms with Gasteiger partial charge in [-0.25, -0.2) is 0 Å². The smallest absolute Gasteiger partial charge is 0.0836 e. The lowest BCUT2D eigenvalue weighted by molar-refractivity contribution is 0.190. The van der Waals surface area contributed by atoms with Gasteiger partial charge in [0.15, 0.2) is 0 Å². The highest BCUT2D eigenvalue weighted by Gasteiger charge is 1.96. The first kappa shape index (κ1) is 27.0. The van der Waals surface area contributed by atoms with Gasteiger partial charge in [0.2, 0.25) is 0 Å². The highest BCUT2D eigenvalue weighted by atomic mass is 16.5. The fourth-order valence-electron chi connectivity index (χ4n) is 3.77. The predicted octanol–water partition coefficient (Wildman–Crippen LogP) is 9.79. The van der Waals surface area contributed by atoms with Crippen LogP contribution < -0.4 is 0 Å². The minimum absolute atomic E-state index is 0.888. The van der Waals surface area contributed by atoms with E-state index in [0.29, 0.717) is 0 Å². The Morgan fingerprint density at radius 3 is 1.07 bits per heavy atom. The van der Waals surface area contributed by atoms with Crippen LogP contribution in [0.1, 0.15) is 155 Å². The first-order valence-corrected chi connectivity index (χ1v) is 12.8. The summed E-state index contributed by atoms with van der Waals surface area (Å²) in [6.07, 6.45) is 31.2. The van der Waals surface area contributed by atoms with Crippen LogP contribution in [0.2, 0.25) is 0 Å². The number of hydrogen-bond acceptors (Lipinski definition) is 1. The summed E-state index contributed by atoms with van der Waals surface area (Å²) < 4.78 is 5.40. The zero-order chi connectivity index (χ0) is 19.7. The Bertz CT molecular complexity index is 214. The lowest BCUT2D eigenvalue weighted by atomic mass is 10.0. The fraction of sp³-hybridized carbons (Fsp3) is 0.962. The van der Waals surface area contributed by atoms with E-state index in [1.54, 1.807) is 0 Å². The molecule has 0 aromatic carbocycles. The molecule has 0 rings (SSSR count). The van der Waals surface area contributed by atoms with E-state index in [2.05, 4.69) is 13.8 Å². The second kappa shape index (κ2) is 26.0. The van der Waals surface area contributed by atoms with E-state index >= 15 is 0 Å². The van der Waals surface area contributed by atoms with Crippen molar-refractivity contribution in [1.29, 1.82) is 0 Å². The molecule has 0 aromatic heterocycles. The molecule has 0 spiro atoms. The molecule has 1 radical (unpaired) electrons. The summed E-state index contributed by atoms with van der Waals surface area (Å²) in [5.74, 6) is 0. The van der Waals surface area contributed by atoms with Gasteiger partial charge in [-0.1, -0.05) is 142 Å². The molecule has 0 aliphatic rings. The van der Waals surface area contributed by atoms with E-state index in [1.165, 1.54) is 128 Å². The van der Waals surface area contributed by atoms with Crippen molar-refractivity contribution in [2.45, 2.75) is 155 Å². The van der Waals surface area contributed by atoms with Crippen molar-refractivity contribution >= 4 is 0 Å². The molecule has 0 N–H and O–H groups in total. The third-order valence-corrected chi connectivity index (χ3v) is 5.62. The molecule has 27 heavy (non-hydrogen) atoms. The SMILES string of the molecule is CCCCCCCCCCCCCCCCCCCCCC[CH]OCCC. The van der Waals surface area contributed by atoms with E-state index in [1.807, 2.05) is 6.61 Å². The Kier molecular flexibility index (Phi) is 25.9. The Hall–Kier alpha value is -0.0400. The minimum atomic E-state index is 0.888. The van der Waals surface area contributed by atoms with Gasteiger partial charge in [0.1, 0.15) is 0 Å². The highest BCUT2D eigenvalue weighted by Crippen LogP contribution is 2.15. The third kappa shape index (κ3) is 26.0. The lowest BCUT2D eigenvalue weighted by Crippen LogP contribution is -1.89. The molecule has 0 atom stereocenters. The molecule has 163 valence electrons. The van der Waals surface area contributed by atoms with Crippen molar-refractivity contribution in [3.63, 3.8) is 0 Å². The van der Waals surface area contributed by atoms with Crippen LogP contribution in [-0.2, 0) is 4.74 Å². The topological polar surface area (TPSA) is 9.23 Å². The van der Waals surface area contributed by atoms with Crippen molar-refractivity contribution in [3.05, 3.63) is 6.61 Å². The maximum atomic E-state index is 5.40. The molecule has 0 aliphatic carbocycles. The van der Waals surface area contributed by atoms with Crippen LogP contribution in [-0.4, -0.2) is 6.61 Å². The van der Waals surface area contributed by atoms with Crippen LogP contribution in [0, 0.1) is 6.61 Å². The molecule has 1 nitrogen and oxygen atoms in total. The van der Waals surface area contributed by atoms with Crippen LogP contribution in [0.25, 0.3) is 0 Å². The number of hydrogen-bond donors (Lipinski definition) is 0. The maximum Gasteiger partial charge on any atom is 0.0836 e. The Morgan fingerprint density at radius 2 is 0.741 bits per heavy atom. The summed E-state index contributed by atoms with van der Waals surface area (Å²) in [6.45, 7) is 7.36. The van der Waals surface area contributed by atoms with Gasteiger partial charge in [-0.15, -0.1) is 0 Å². The van der Waals surface area contributed by atoms with Crippen molar-refractivity contribution < 1.29 is 4.74 Å². The molecule has 0 amide bonds. The number of rotatable bonds is 24. The largest absolute Gasteiger partial charge is 0.376 e. The van der Waals surface area contributed by atoms with Gasteiger partial charge in [-0.05, 0) is 12.8 Å². The van der Waals surface area contributed by atoms with Gasteiger partial charge in [0, 0.05) is 6.61 Å². The van der Waals surface area contributed by atoms with Crippen LogP contribution in [0.3, 0.4) is 0 Å². The minimum Gasteiger partial charge on any atom is -0.376 e. The van der Waals surface area contributed by atoms with Crippen LogP contribution in [0.4, 0.5) is 0 Å². The molecule has 0 unspecified atom stereocenters. The summed E-state index contributed by atoms with van der Waals surface area (Å²) in [5.41, 5.74) is 0. The molecule has 0 bridgehead atoms. The van der Waals surface area contributed by atoms with Crippen LogP contribution >= 0.6 is 0 Å². The van der Waals surface area contributed by atoms with Crippen molar-refractivity contribution in [1.82, 2.24) is 0 Å². The summed E-state index contributed by atoms with van der Waals surface area (Å²) in [6, 6.07) is 0. The third-order valence-electron chi connectivity index (χ3n) is 5.62. The molecular weight excluding hydrogens is 328 g/mol. The Labute approximate surface area is 173 Å². The second-order valence-corrected chi connectivity index (χ2v) is 8.54. The zero-order valence-electron chi connectivity index (χ0n) is 19.2. The van der Waals surface area contributed by atoms with Gasteiger partial charge in [0.25, 0.3) is 0 Å². The quantitative estimate of drug-likeness (QED) is 0.151. The van der Waals surface area contributed by atoms with E-state index in [-0.39, 0.29) is 0 Å². The molecule has 0 aliphatic heterocycles. The molecule has 0 heterocycles. The van der Waals surface area contributed by atoms with Crippen molar-refractivity contribution in [3.8, 4) is 0 Å². The fourth-order valence-corrected chi connectivity index (χ4v) is 3.77. The van der Waals surface area contributed by atoms with Gasteiger partial charge in [-0.3, -0.25) is 0 Å². The van der Waals surface area contributed by atoms with Crippen molar-refractivity contribution in [2.75, 3.05) is 6.61 Å². The number of ether oxygens (including phenoxy) is 1. The molecule has 0 fully saturated rings. The van der Waals surface area contributed by atoms with Gasteiger partial charge < -0.3 is 4.74 Å². The van der Waals surface area contributed by atoms with Crippen molar-refractivity contribution in [2.24, 2.45) is 0 Å². The molecule has 0 aromatic rings. The van der Waals surface area contributed by atoms with Gasteiger partial charge in [-0.2, -0.15) is 0 Å². The Balaban J connectivity index is 2.95. The molecule has 1 heteroatoms. The Morgan fingerprint density at radius 1 is 0.407 bits per heavy atom.